The van der Waals surface area contributed by atoms with Crippen LogP contribution in [0.25, 0.3) is 11.1 Å². The highest BCUT2D eigenvalue weighted by atomic mass is 79.9. The van der Waals surface area contributed by atoms with Gasteiger partial charge in [0, 0.05) is 15.8 Å². The van der Waals surface area contributed by atoms with Crippen LogP contribution in [0.5, 0.6) is 0 Å². The van der Waals surface area contributed by atoms with Crippen molar-refractivity contribution < 1.29 is 0 Å². The SMILES string of the molecule is C[C@@H](Cl)[C@@H]1c2ccccc2-c2ccc(Br)cc21. The average molecular weight is 308 g/mol. The number of halogens is 2. The number of benzene rings is 2. The summed E-state index contributed by atoms with van der Waals surface area (Å²) in [5, 5.41) is 0.103. The minimum absolute atomic E-state index is 0.103. The summed E-state index contributed by atoms with van der Waals surface area (Å²) in [5.74, 6) is 0.306. The number of fused-ring (bicyclic) bond motifs is 3. The Morgan fingerprint density at radius 3 is 2.53 bits per heavy atom. The maximum Gasteiger partial charge on any atom is 0.0417 e. The lowest BCUT2D eigenvalue weighted by molar-refractivity contribution is 0.806. The molecular formula is C15H12BrCl. The maximum absolute atomic E-state index is 6.38. The third-order valence-electron chi connectivity index (χ3n) is 3.39. The summed E-state index contributed by atoms with van der Waals surface area (Å²) in [6, 6.07) is 15.0. The second kappa shape index (κ2) is 4.15. The smallest absolute Gasteiger partial charge is 0.0417 e. The number of hydrogen-bond donors (Lipinski definition) is 0. The zero-order valence-electron chi connectivity index (χ0n) is 9.45. The molecule has 0 nitrogen and oxygen atoms in total. The molecule has 0 aromatic heterocycles. The summed E-state index contributed by atoms with van der Waals surface area (Å²) in [6.07, 6.45) is 0. The van der Waals surface area contributed by atoms with Crippen LogP contribution in [0.3, 0.4) is 0 Å². The van der Waals surface area contributed by atoms with Crippen LogP contribution in [0.15, 0.2) is 46.9 Å². The van der Waals surface area contributed by atoms with Crippen LogP contribution in [0, 0.1) is 0 Å². The van der Waals surface area contributed by atoms with E-state index in [1.165, 1.54) is 22.3 Å². The van der Waals surface area contributed by atoms with Crippen molar-refractivity contribution in [1.82, 2.24) is 0 Å². The van der Waals surface area contributed by atoms with Gasteiger partial charge in [-0.25, -0.2) is 0 Å². The highest BCUT2D eigenvalue weighted by Gasteiger charge is 2.31. The molecule has 0 bridgehead atoms. The molecule has 0 fully saturated rings. The van der Waals surface area contributed by atoms with Crippen LogP contribution in [0.1, 0.15) is 24.0 Å². The highest BCUT2D eigenvalue weighted by molar-refractivity contribution is 9.10. The Hall–Kier alpha value is -0.790. The lowest BCUT2D eigenvalue weighted by Crippen LogP contribution is -2.07. The zero-order chi connectivity index (χ0) is 12.0. The molecule has 0 radical (unpaired) electrons. The minimum Gasteiger partial charge on any atom is -0.122 e. The van der Waals surface area contributed by atoms with Gasteiger partial charge in [-0.05, 0) is 41.3 Å². The predicted molar refractivity (Wildman–Crippen MR) is 76.7 cm³/mol. The molecule has 2 aromatic carbocycles. The van der Waals surface area contributed by atoms with Gasteiger partial charge in [0.15, 0.2) is 0 Å². The van der Waals surface area contributed by atoms with Crippen molar-refractivity contribution in [1.29, 1.82) is 0 Å². The molecule has 0 N–H and O–H groups in total. The van der Waals surface area contributed by atoms with Gasteiger partial charge in [0.1, 0.15) is 0 Å². The van der Waals surface area contributed by atoms with Crippen molar-refractivity contribution in [3.63, 3.8) is 0 Å². The molecule has 0 unspecified atom stereocenters. The van der Waals surface area contributed by atoms with Gasteiger partial charge in [-0.1, -0.05) is 46.3 Å². The molecule has 1 aliphatic rings. The van der Waals surface area contributed by atoms with E-state index >= 15 is 0 Å². The van der Waals surface area contributed by atoms with Crippen molar-refractivity contribution >= 4 is 27.5 Å². The topological polar surface area (TPSA) is 0 Å². The van der Waals surface area contributed by atoms with Crippen molar-refractivity contribution in [2.24, 2.45) is 0 Å². The van der Waals surface area contributed by atoms with E-state index in [9.17, 15) is 0 Å². The van der Waals surface area contributed by atoms with E-state index in [1.54, 1.807) is 0 Å². The van der Waals surface area contributed by atoms with Crippen LogP contribution >= 0.6 is 27.5 Å². The third kappa shape index (κ3) is 1.73. The monoisotopic (exact) mass is 306 g/mol. The standard InChI is InChI=1S/C15H12BrCl/c1-9(17)15-13-5-3-2-4-11(13)12-7-6-10(16)8-14(12)15/h2-9,15H,1H3/t9-,15-/m1/s1. The molecule has 2 aromatic rings. The lowest BCUT2D eigenvalue weighted by Gasteiger charge is -2.16. The first-order valence-corrected chi connectivity index (χ1v) is 6.94. The van der Waals surface area contributed by atoms with E-state index in [2.05, 4.69) is 65.3 Å². The van der Waals surface area contributed by atoms with Gasteiger partial charge >= 0.3 is 0 Å². The van der Waals surface area contributed by atoms with Crippen LogP contribution in [0.4, 0.5) is 0 Å². The minimum atomic E-state index is 0.103. The quantitative estimate of drug-likeness (QED) is 0.636. The van der Waals surface area contributed by atoms with Crippen molar-refractivity contribution in [3.8, 4) is 11.1 Å². The molecule has 1 aliphatic carbocycles. The molecule has 0 heterocycles. The summed E-state index contributed by atoms with van der Waals surface area (Å²) in [6.45, 7) is 2.07. The molecular weight excluding hydrogens is 296 g/mol. The summed E-state index contributed by atoms with van der Waals surface area (Å²) < 4.78 is 1.12. The molecule has 0 amide bonds. The normalized spacial score (nSPS) is 18.6. The Morgan fingerprint density at radius 2 is 1.76 bits per heavy atom. The largest absolute Gasteiger partial charge is 0.122 e. The van der Waals surface area contributed by atoms with Gasteiger partial charge in [-0.15, -0.1) is 11.6 Å². The van der Waals surface area contributed by atoms with E-state index in [0.29, 0.717) is 5.92 Å². The van der Waals surface area contributed by atoms with Gasteiger partial charge in [-0.3, -0.25) is 0 Å². The Bertz CT molecular complexity index is 575. The fourth-order valence-corrected chi connectivity index (χ4v) is 3.36. The fraction of sp³-hybridized carbons (Fsp3) is 0.200. The second-order valence-electron chi connectivity index (χ2n) is 4.47. The summed E-state index contributed by atoms with van der Waals surface area (Å²) in [4.78, 5) is 0. The Balaban J connectivity index is 2.29. The molecule has 0 aliphatic heterocycles. The van der Waals surface area contributed by atoms with E-state index < -0.39 is 0 Å². The summed E-state index contributed by atoms with van der Waals surface area (Å²) in [5.41, 5.74) is 5.33. The van der Waals surface area contributed by atoms with E-state index in [-0.39, 0.29) is 5.38 Å². The number of alkyl halides is 1. The Labute approximate surface area is 115 Å². The molecule has 2 atom stereocenters. The fourth-order valence-electron chi connectivity index (χ4n) is 2.71. The lowest BCUT2D eigenvalue weighted by atomic mass is 9.94. The van der Waals surface area contributed by atoms with Gasteiger partial charge < -0.3 is 0 Å². The first-order valence-electron chi connectivity index (χ1n) is 5.71. The third-order valence-corrected chi connectivity index (χ3v) is 4.14. The Kier molecular flexibility index (Phi) is 2.76. The highest BCUT2D eigenvalue weighted by Crippen LogP contribution is 2.48. The summed E-state index contributed by atoms with van der Waals surface area (Å²) >= 11 is 9.92. The Morgan fingerprint density at radius 1 is 1.06 bits per heavy atom. The van der Waals surface area contributed by atoms with E-state index in [1.807, 2.05) is 0 Å². The van der Waals surface area contributed by atoms with Crippen LogP contribution in [-0.4, -0.2) is 5.38 Å². The number of hydrogen-bond acceptors (Lipinski definition) is 0. The summed E-state index contributed by atoms with van der Waals surface area (Å²) in [7, 11) is 0. The molecule has 17 heavy (non-hydrogen) atoms. The van der Waals surface area contributed by atoms with Gasteiger partial charge in [0.25, 0.3) is 0 Å². The van der Waals surface area contributed by atoms with E-state index in [0.717, 1.165) is 4.47 Å². The molecule has 0 saturated carbocycles. The molecule has 2 heteroatoms. The van der Waals surface area contributed by atoms with Gasteiger partial charge in [0.05, 0.1) is 0 Å². The maximum atomic E-state index is 6.38. The zero-order valence-corrected chi connectivity index (χ0v) is 11.8. The van der Waals surface area contributed by atoms with Crippen molar-refractivity contribution in [2.45, 2.75) is 18.2 Å². The van der Waals surface area contributed by atoms with Crippen molar-refractivity contribution in [2.75, 3.05) is 0 Å². The van der Waals surface area contributed by atoms with Gasteiger partial charge in [0.2, 0.25) is 0 Å². The first-order chi connectivity index (χ1) is 8.18. The molecule has 0 spiro atoms. The molecule has 86 valence electrons. The van der Waals surface area contributed by atoms with Gasteiger partial charge in [-0.2, -0.15) is 0 Å². The second-order valence-corrected chi connectivity index (χ2v) is 6.08. The van der Waals surface area contributed by atoms with Crippen molar-refractivity contribution in [3.05, 3.63) is 58.1 Å². The molecule has 0 saturated heterocycles. The number of rotatable bonds is 1. The van der Waals surface area contributed by atoms with Crippen LogP contribution in [-0.2, 0) is 0 Å². The first kappa shape index (κ1) is 11.3. The van der Waals surface area contributed by atoms with Crippen LogP contribution < -0.4 is 0 Å². The average Bonchev–Trinajstić information content (AvgIpc) is 2.62. The van der Waals surface area contributed by atoms with Crippen LogP contribution in [0.2, 0.25) is 0 Å². The van der Waals surface area contributed by atoms with E-state index in [4.69, 9.17) is 11.6 Å². The molecule has 3 rings (SSSR count). The predicted octanol–water partition coefficient (Wildman–Crippen LogP) is 5.19.